The molecule has 0 bridgehead atoms. The van der Waals surface area contributed by atoms with Gasteiger partial charge in [0, 0.05) is 23.1 Å². The van der Waals surface area contributed by atoms with Crippen molar-refractivity contribution in [2.75, 3.05) is 6.61 Å². The van der Waals surface area contributed by atoms with Gasteiger partial charge in [-0.3, -0.25) is 0 Å². The van der Waals surface area contributed by atoms with E-state index in [9.17, 15) is 4.79 Å². The first kappa shape index (κ1) is 17.1. The van der Waals surface area contributed by atoms with Gasteiger partial charge in [-0.25, -0.2) is 4.79 Å². The number of carbonyl (C=O) groups excluding carboxylic acids is 1. The summed E-state index contributed by atoms with van der Waals surface area (Å²) in [6.45, 7) is 7.50. The molecule has 0 saturated carbocycles. The van der Waals surface area contributed by atoms with Crippen molar-refractivity contribution in [3.63, 3.8) is 0 Å². The first-order valence-electron chi connectivity index (χ1n) is 8.62. The summed E-state index contributed by atoms with van der Waals surface area (Å²) in [5.74, 6) is 0.465. The number of hydrogen-bond donors (Lipinski definition) is 0. The number of nitrogens with zero attached hydrogens (tertiary/aromatic N) is 1. The molecule has 4 heteroatoms. The van der Waals surface area contributed by atoms with Crippen LogP contribution in [-0.2, 0) is 17.9 Å². The van der Waals surface area contributed by atoms with Gasteiger partial charge >= 0.3 is 5.97 Å². The maximum Gasteiger partial charge on any atom is 0.340 e. The molecule has 25 heavy (non-hydrogen) atoms. The Kier molecular flexibility index (Phi) is 5.08. The molecule has 0 amide bonds. The van der Waals surface area contributed by atoms with Crippen molar-refractivity contribution in [2.24, 2.45) is 0 Å². The number of aryl methyl sites for hydroxylation is 1. The molecule has 0 aliphatic rings. The number of hydrogen-bond acceptors (Lipinski definition) is 3. The lowest BCUT2D eigenvalue weighted by atomic mass is 10.1. The molecule has 3 rings (SSSR count). The maximum atomic E-state index is 12.4. The molecule has 0 saturated heterocycles. The molecule has 2 aromatic carbocycles. The van der Waals surface area contributed by atoms with Crippen LogP contribution in [0.5, 0.6) is 5.75 Å². The lowest BCUT2D eigenvalue weighted by Gasteiger charge is -2.07. The fraction of sp³-hybridized carbons (Fsp3) is 0.286. The molecule has 0 spiro atoms. The zero-order chi connectivity index (χ0) is 17.8. The number of benzene rings is 2. The molecule has 0 fully saturated rings. The largest absolute Gasteiger partial charge is 0.489 e. The van der Waals surface area contributed by atoms with Crippen LogP contribution in [0.3, 0.4) is 0 Å². The van der Waals surface area contributed by atoms with Gasteiger partial charge in [0.1, 0.15) is 12.4 Å². The molecule has 0 unspecified atom stereocenters. The number of ether oxygens (including phenoxy) is 2. The van der Waals surface area contributed by atoms with Gasteiger partial charge < -0.3 is 14.0 Å². The zero-order valence-electron chi connectivity index (χ0n) is 14.9. The Morgan fingerprint density at radius 1 is 1.08 bits per heavy atom. The van der Waals surface area contributed by atoms with E-state index < -0.39 is 0 Å². The lowest BCUT2D eigenvalue weighted by molar-refractivity contribution is 0.0527. The Bertz CT molecular complexity index is 881. The number of rotatable bonds is 6. The first-order valence-corrected chi connectivity index (χ1v) is 8.62. The third-order valence-electron chi connectivity index (χ3n) is 4.34. The summed E-state index contributed by atoms with van der Waals surface area (Å²) in [5, 5.41) is 0.878. The second kappa shape index (κ2) is 7.43. The molecule has 0 aliphatic heterocycles. The van der Waals surface area contributed by atoms with Crippen LogP contribution in [0.4, 0.5) is 0 Å². The van der Waals surface area contributed by atoms with Gasteiger partial charge in [-0.05, 0) is 44.5 Å². The lowest BCUT2D eigenvalue weighted by Crippen LogP contribution is -2.07. The average Bonchev–Trinajstić information content (AvgIpc) is 2.91. The molecule has 1 aromatic heterocycles. The zero-order valence-corrected chi connectivity index (χ0v) is 14.9. The molecule has 0 N–H and O–H groups in total. The van der Waals surface area contributed by atoms with E-state index in [-0.39, 0.29) is 5.97 Å². The van der Waals surface area contributed by atoms with Crippen molar-refractivity contribution in [2.45, 2.75) is 33.9 Å². The maximum absolute atomic E-state index is 12.4. The summed E-state index contributed by atoms with van der Waals surface area (Å²) < 4.78 is 13.3. The Hall–Kier alpha value is -2.75. The monoisotopic (exact) mass is 337 g/mol. The van der Waals surface area contributed by atoms with Crippen LogP contribution in [-0.4, -0.2) is 17.1 Å². The van der Waals surface area contributed by atoms with Gasteiger partial charge in [0.15, 0.2) is 0 Å². The Balaban J connectivity index is 1.97. The molecule has 4 nitrogen and oxygen atoms in total. The van der Waals surface area contributed by atoms with E-state index in [1.54, 1.807) is 0 Å². The minimum atomic E-state index is -0.280. The van der Waals surface area contributed by atoms with Gasteiger partial charge in [0.2, 0.25) is 0 Å². The highest BCUT2D eigenvalue weighted by atomic mass is 16.5. The van der Waals surface area contributed by atoms with Crippen molar-refractivity contribution in [1.29, 1.82) is 0 Å². The van der Waals surface area contributed by atoms with Crippen molar-refractivity contribution in [1.82, 2.24) is 4.57 Å². The topological polar surface area (TPSA) is 40.5 Å². The number of esters is 1. The number of aromatic nitrogens is 1. The molecule has 1 heterocycles. The average molecular weight is 337 g/mol. The van der Waals surface area contributed by atoms with Crippen LogP contribution in [0.15, 0.2) is 48.5 Å². The van der Waals surface area contributed by atoms with Gasteiger partial charge in [0.25, 0.3) is 0 Å². The van der Waals surface area contributed by atoms with Crippen molar-refractivity contribution in [3.05, 3.63) is 65.4 Å². The Morgan fingerprint density at radius 2 is 1.84 bits per heavy atom. The third kappa shape index (κ3) is 3.38. The van der Waals surface area contributed by atoms with Crippen LogP contribution >= 0.6 is 0 Å². The van der Waals surface area contributed by atoms with Gasteiger partial charge in [0.05, 0.1) is 12.2 Å². The van der Waals surface area contributed by atoms with Crippen LogP contribution in [0, 0.1) is 6.92 Å². The fourth-order valence-electron chi connectivity index (χ4n) is 3.16. The summed E-state index contributed by atoms with van der Waals surface area (Å²) in [6.07, 6.45) is 0. The summed E-state index contributed by atoms with van der Waals surface area (Å²) >= 11 is 0. The second-order valence-electron chi connectivity index (χ2n) is 5.88. The Labute approximate surface area is 148 Å². The summed E-state index contributed by atoms with van der Waals surface area (Å²) in [5.41, 5.74) is 3.69. The van der Waals surface area contributed by atoms with E-state index >= 15 is 0 Å². The van der Waals surface area contributed by atoms with Gasteiger partial charge in [-0.2, -0.15) is 0 Å². The molecular weight excluding hydrogens is 314 g/mol. The minimum Gasteiger partial charge on any atom is -0.489 e. The molecule has 130 valence electrons. The van der Waals surface area contributed by atoms with Gasteiger partial charge in [-0.15, -0.1) is 0 Å². The van der Waals surface area contributed by atoms with Crippen molar-refractivity contribution < 1.29 is 14.3 Å². The normalized spacial score (nSPS) is 10.8. The molecular formula is C21H23NO3. The molecule has 0 atom stereocenters. The van der Waals surface area contributed by atoms with Crippen LogP contribution in [0.2, 0.25) is 0 Å². The van der Waals surface area contributed by atoms with Crippen LogP contribution in [0.1, 0.15) is 35.5 Å². The molecule has 0 radical (unpaired) electrons. The van der Waals surface area contributed by atoms with Gasteiger partial charge in [-0.1, -0.05) is 30.3 Å². The SMILES string of the molecule is CCOC(=O)c1c(C)n(CC)c2ccc(OCc3ccccc3)cc12. The second-order valence-corrected chi connectivity index (χ2v) is 5.88. The summed E-state index contributed by atoms with van der Waals surface area (Å²) in [7, 11) is 0. The number of carbonyl (C=O) groups is 1. The first-order chi connectivity index (χ1) is 12.2. The van der Waals surface area contributed by atoms with Crippen molar-refractivity contribution in [3.8, 4) is 5.75 Å². The van der Waals surface area contributed by atoms with E-state index in [1.165, 1.54) is 0 Å². The summed E-state index contributed by atoms with van der Waals surface area (Å²) in [6, 6.07) is 15.9. The van der Waals surface area contributed by atoms with Crippen LogP contribution < -0.4 is 4.74 Å². The Morgan fingerprint density at radius 3 is 2.52 bits per heavy atom. The standard InChI is InChI=1S/C21H23NO3/c1-4-22-15(3)20(21(23)24-5-2)18-13-17(11-12-19(18)22)25-14-16-9-7-6-8-10-16/h6-13H,4-5,14H2,1-3H3. The predicted octanol–water partition coefficient (Wildman–Crippen LogP) is 4.73. The minimum absolute atomic E-state index is 0.280. The molecule has 0 aliphatic carbocycles. The van der Waals surface area contributed by atoms with E-state index in [1.807, 2.05) is 62.4 Å². The third-order valence-corrected chi connectivity index (χ3v) is 4.34. The smallest absolute Gasteiger partial charge is 0.340 e. The van der Waals surface area contributed by atoms with E-state index in [2.05, 4.69) is 11.5 Å². The quantitative estimate of drug-likeness (QED) is 0.611. The van der Waals surface area contributed by atoms with E-state index in [0.717, 1.165) is 34.5 Å². The van der Waals surface area contributed by atoms with Crippen molar-refractivity contribution >= 4 is 16.9 Å². The highest BCUT2D eigenvalue weighted by Crippen LogP contribution is 2.30. The highest BCUT2D eigenvalue weighted by molar-refractivity contribution is 6.06. The number of fused-ring (bicyclic) bond motifs is 1. The van der Waals surface area contributed by atoms with Crippen LogP contribution in [0.25, 0.3) is 10.9 Å². The summed E-state index contributed by atoms with van der Waals surface area (Å²) in [4.78, 5) is 12.4. The van der Waals surface area contributed by atoms with E-state index in [0.29, 0.717) is 18.8 Å². The highest BCUT2D eigenvalue weighted by Gasteiger charge is 2.20. The molecule has 3 aromatic rings. The fourth-order valence-corrected chi connectivity index (χ4v) is 3.16. The predicted molar refractivity (Wildman–Crippen MR) is 99.1 cm³/mol. The van der Waals surface area contributed by atoms with E-state index in [4.69, 9.17) is 9.47 Å².